The lowest BCUT2D eigenvalue weighted by atomic mass is 10.1. The molecule has 0 aromatic carbocycles. The molecule has 4 heteroatoms. The van der Waals surface area contributed by atoms with Gasteiger partial charge in [-0.3, -0.25) is 0 Å². The molecule has 1 aromatic rings. The van der Waals surface area contributed by atoms with Crippen LogP contribution in [0.2, 0.25) is 0 Å². The highest BCUT2D eigenvalue weighted by Crippen LogP contribution is 2.00. The van der Waals surface area contributed by atoms with Gasteiger partial charge in [-0.1, -0.05) is 13.8 Å². The average molecular weight is 125 g/mol. The molecule has 0 aliphatic rings. The van der Waals surface area contributed by atoms with Gasteiger partial charge in [0.15, 0.2) is 0 Å². The molecule has 1 N–H and O–H groups in total. The Morgan fingerprint density at radius 2 is 2.33 bits per heavy atom. The van der Waals surface area contributed by atoms with Crippen molar-refractivity contribution in [1.29, 1.82) is 0 Å². The SMILES string of the molecule is C[C](C)Cc1nnn[nH]1. The van der Waals surface area contributed by atoms with Gasteiger partial charge in [-0.2, -0.15) is 0 Å². The molecule has 0 unspecified atom stereocenters. The molecule has 1 heterocycles. The standard InChI is InChI=1S/C5H9N4/c1-4(2)3-5-6-8-9-7-5/h3H2,1-2H3,(H,6,7,8,9). The number of hydrogen-bond donors (Lipinski definition) is 1. The van der Waals surface area contributed by atoms with E-state index in [2.05, 4.69) is 20.6 Å². The van der Waals surface area contributed by atoms with Gasteiger partial charge in [0.1, 0.15) is 5.82 Å². The first kappa shape index (κ1) is 6.19. The van der Waals surface area contributed by atoms with Crippen LogP contribution in [-0.2, 0) is 6.42 Å². The van der Waals surface area contributed by atoms with E-state index in [0.717, 1.165) is 12.2 Å². The van der Waals surface area contributed by atoms with E-state index in [9.17, 15) is 0 Å². The number of tetrazole rings is 1. The summed E-state index contributed by atoms with van der Waals surface area (Å²) in [6.07, 6.45) is 0.840. The molecular weight excluding hydrogens is 116 g/mol. The highest BCUT2D eigenvalue weighted by molar-refractivity contribution is 4.91. The Kier molecular flexibility index (Phi) is 1.77. The molecule has 1 radical (unpaired) electrons. The molecule has 0 fully saturated rings. The maximum Gasteiger partial charge on any atom is 0.148 e. The van der Waals surface area contributed by atoms with Gasteiger partial charge in [0.05, 0.1) is 0 Å². The first-order valence-corrected chi connectivity index (χ1v) is 2.80. The van der Waals surface area contributed by atoms with Crippen LogP contribution in [-0.4, -0.2) is 20.6 Å². The normalized spacial score (nSPS) is 10.6. The van der Waals surface area contributed by atoms with Crippen molar-refractivity contribution < 1.29 is 0 Å². The number of aromatic amines is 1. The van der Waals surface area contributed by atoms with Crippen molar-refractivity contribution in [3.05, 3.63) is 11.7 Å². The maximum atomic E-state index is 3.72. The van der Waals surface area contributed by atoms with Crippen LogP contribution in [0.5, 0.6) is 0 Å². The molecule has 4 nitrogen and oxygen atoms in total. The molecule has 1 aromatic heterocycles. The van der Waals surface area contributed by atoms with Gasteiger partial charge in [-0.25, -0.2) is 5.10 Å². The molecule has 0 spiro atoms. The minimum Gasteiger partial charge on any atom is -0.243 e. The third-order valence-corrected chi connectivity index (χ3v) is 0.910. The van der Waals surface area contributed by atoms with Gasteiger partial charge in [0, 0.05) is 6.42 Å². The molecule has 0 atom stereocenters. The van der Waals surface area contributed by atoms with Crippen LogP contribution in [0.15, 0.2) is 0 Å². The second-order valence-electron chi connectivity index (χ2n) is 2.23. The van der Waals surface area contributed by atoms with Gasteiger partial charge < -0.3 is 0 Å². The van der Waals surface area contributed by atoms with Crippen molar-refractivity contribution >= 4 is 0 Å². The molecule has 0 aliphatic heterocycles. The van der Waals surface area contributed by atoms with E-state index in [0.29, 0.717) is 0 Å². The molecule has 49 valence electrons. The average Bonchev–Trinajstić information content (AvgIpc) is 2.15. The highest BCUT2D eigenvalue weighted by atomic mass is 15.5. The van der Waals surface area contributed by atoms with Crippen LogP contribution in [0.4, 0.5) is 0 Å². The summed E-state index contributed by atoms with van der Waals surface area (Å²) in [5.74, 6) is 2.13. The van der Waals surface area contributed by atoms with Crippen molar-refractivity contribution in [3.63, 3.8) is 0 Å². The van der Waals surface area contributed by atoms with Crippen LogP contribution >= 0.6 is 0 Å². The Morgan fingerprint density at radius 3 is 2.78 bits per heavy atom. The van der Waals surface area contributed by atoms with Crippen LogP contribution < -0.4 is 0 Å². The largest absolute Gasteiger partial charge is 0.243 e. The predicted octanol–water partition coefficient (Wildman–Crippen LogP) is 0.356. The number of hydrogen-bond acceptors (Lipinski definition) is 3. The summed E-state index contributed by atoms with van der Waals surface area (Å²) < 4.78 is 0. The van der Waals surface area contributed by atoms with Gasteiger partial charge in [0.25, 0.3) is 0 Å². The monoisotopic (exact) mass is 125 g/mol. The summed E-state index contributed by atoms with van der Waals surface area (Å²) in [5, 5.41) is 13.3. The van der Waals surface area contributed by atoms with Crippen molar-refractivity contribution in [2.24, 2.45) is 0 Å². The van der Waals surface area contributed by atoms with Crippen molar-refractivity contribution in [3.8, 4) is 0 Å². The topological polar surface area (TPSA) is 54.5 Å². The summed E-state index contributed by atoms with van der Waals surface area (Å²) in [6.45, 7) is 4.09. The van der Waals surface area contributed by atoms with Crippen molar-refractivity contribution in [2.45, 2.75) is 20.3 Å². The lowest BCUT2D eigenvalue weighted by molar-refractivity contribution is 0.871. The molecule has 0 amide bonds. The summed E-state index contributed by atoms with van der Waals surface area (Å²) in [4.78, 5) is 0. The smallest absolute Gasteiger partial charge is 0.148 e. The van der Waals surface area contributed by atoms with Crippen molar-refractivity contribution in [2.75, 3.05) is 0 Å². The lowest BCUT2D eigenvalue weighted by Gasteiger charge is -1.95. The third-order valence-electron chi connectivity index (χ3n) is 0.910. The molecule has 9 heavy (non-hydrogen) atoms. The van der Waals surface area contributed by atoms with Crippen molar-refractivity contribution in [1.82, 2.24) is 20.6 Å². The Labute approximate surface area is 53.7 Å². The second kappa shape index (κ2) is 2.57. The van der Waals surface area contributed by atoms with E-state index in [1.54, 1.807) is 0 Å². The Morgan fingerprint density at radius 1 is 1.56 bits per heavy atom. The Bertz CT molecular complexity index is 155. The zero-order valence-corrected chi connectivity index (χ0v) is 5.55. The fourth-order valence-electron chi connectivity index (χ4n) is 0.589. The first-order valence-electron chi connectivity index (χ1n) is 2.80. The Balaban J connectivity index is 2.48. The zero-order valence-electron chi connectivity index (χ0n) is 5.55. The second-order valence-corrected chi connectivity index (χ2v) is 2.23. The molecule has 0 saturated carbocycles. The maximum absolute atomic E-state index is 3.72. The molecular formula is C5H9N4. The number of aromatic nitrogens is 4. The molecule has 1 rings (SSSR count). The van der Waals surface area contributed by atoms with Gasteiger partial charge in [0.2, 0.25) is 0 Å². The van der Waals surface area contributed by atoms with Crippen LogP contribution in [0.25, 0.3) is 0 Å². The van der Waals surface area contributed by atoms with E-state index in [1.165, 1.54) is 5.92 Å². The van der Waals surface area contributed by atoms with E-state index in [1.807, 2.05) is 13.8 Å². The minimum absolute atomic E-state index is 0.829. The number of H-pyrrole nitrogens is 1. The van der Waals surface area contributed by atoms with E-state index in [4.69, 9.17) is 0 Å². The van der Waals surface area contributed by atoms with Gasteiger partial charge in [-0.15, -0.1) is 5.10 Å². The highest BCUT2D eigenvalue weighted by Gasteiger charge is 1.99. The lowest BCUT2D eigenvalue weighted by Crippen LogP contribution is -1.93. The summed E-state index contributed by atoms with van der Waals surface area (Å²) in [6, 6.07) is 0. The summed E-state index contributed by atoms with van der Waals surface area (Å²) in [5.41, 5.74) is 0. The van der Waals surface area contributed by atoms with Crippen LogP contribution in [0, 0.1) is 5.92 Å². The zero-order chi connectivity index (χ0) is 6.69. The fraction of sp³-hybridized carbons (Fsp3) is 0.600. The van der Waals surface area contributed by atoms with E-state index >= 15 is 0 Å². The fourth-order valence-corrected chi connectivity index (χ4v) is 0.589. The molecule has 0 aliphatic carbocycles. The van der Waals surface area contributed by atoms with Crippen LogP contribution in [0.3, 0.4) is 0 Å². The predicted molar refractivity (Wildman–Crippen MR) is 32.5 cm³/mol. The van der Waals surface area contributed by atoms with Gasteiger partial charge in [-0.05, 0) is 16.3 Å². The molecule has 0 bridgehead atoms. The molecule has 0 saturated heterocycles. The van der Waals surface area contributed by atoms with Crippen LogP contribution in [0.1, 0.15) is 19.7 Å². The van der Waals surface area contributed by atoms with E-state index < -0.39 is 0 Å². The quantitative estimate of drug-likeness (QED) is 0.620. The van der Waals surface area contributed by atoms with Gasteiger partial charge >= 0.3 is 0 Å². The first-order chi connectivity index (χ1) is 4.29. The number of nitrogens with one attached hydrogen (secondary N) is 1. The Hall–Kier alpha value is -0.930. The number of nitrogens with zero attached hydrogens (tertiary/aromatic N) is 3. The minimum atomic E-state index is 0.829. The third kappa shape index (κ3) is 1.79. The summed E-state index contributed by atoms with van der Waals surface area (Å²) in [7, 11) is 0. The number of rotatable bonds is 2. The summed E-state index contributed by atoms with van der Waals surface area (Å²) >= 11 is 0. The van der Waals surface area contributed by atoms with E-state index in [-0.39, 0.29) is 0 Å².